The fourth-order valence-corrected chi connectivity index (χ4v) is 4.10. The van der Waals surface area contributed by atoms with E-state index in [0.717, 1.165) is 23.1 Å². The standard InChI is InChI=1S/C28H29NO3/c1-3-31-28(30)26(25-15-14-24-16-17-32-27(24)18-25)20-29(19-22-10-6-4-7-11-22)21(2)23-12-8-5-9-13-23/h4-18,21,26H,3,19-20H2,1-2H3/t21-,26?/m1/s1. The molecule has 0 fully saturated rings. The average Bonchev–Trinajstić information content (AvgIpc) is 3.30. The van der Waals surface area contributed by atoms with Crippen molar-refractivity contribution in [3.05, 3.63) is 108 Å². The van der Waals surface area contributed by atoms with Crippen molar-refractivity contribution in [3.63, 3.8) is 0 Å². The van der Waals surface area contributed by atoms with Crippen molar-refractivity contribution in [2.45, 2.75) is 32.4 Å². The van der Waals surface area contributed by atoms with Gasteiger partial charge in [-0.2, -0.15) is 0 Å². The van der Waals surface area contributed by atoms with Crippen LogP contribution in [-0.2, 0) is 16.1 Å². The molecule has 32 heavy (non-hydrogen) atoms. The maximum atomic E-state index is 13.1. The van der Waals surface area contributed by atoms with Crippen molar-refractivity contribution in [2.75, 3.05) is 13.2 Å². The molecule has 3 aromatic carbocycles. The smallest absolute Gasteiger partial charge is 0.314 e. The van der Waals surface area contributed by atoms with Gasteiger partial charge >= 0.3 is 5.97 Å². The molecule has 1 heterocycles. The van der Waals surface area contributed by atoms with E-state index < -0.39 is 5.92 Å². The molecular weight excluding hydrogens is 398 g/mol. The summed E-state index contributed by atoms with van der Waals surface area (Å²) in [5.74, 6) is -0.629. The minimum absolute atomic E-state index is 0.126. The lowest BCUT2D eigenvalue weighted by molar-refractivity contribution is -0.145. The van der Waals surface area contributed by atoms with Crippen molar-refractivity contribution in [2.24, 2.45) is 0 Å². The van der Waals surface area contributed by atoms with Gasteiger partial charge in [0.1, 0.15) is 5.58 Å². The Morgan fingerprint density at radius 3 is 2.38 bits per heavy atom. The summed E-state index contributed by atoms with van der Waals surface area (Å²) in [5.41, 5.74) is 4.11. The number of carbonyl (C=O) groups excluding carboxylic acids is 1. The summed E-state index contributed by atoms with van der Waals surface area (Å²) in [6.45, 7) is 5.66. The lowest BCUT2D eigenvalue weighted by atomic mass is 9.95. The predicted molar refractivity (Wildman–Crippen MR) is 127 cm³/mol. The molecule has 4 rings (SSSR count). The Hall–Kier alpha value is -3.37. The van der Waals surface area contributed by atoms with Crippen LogP contribution >= 0.6 is 0 Å². The van der Waals surface area contributed by atoms with Crippen LogP contribution in [0.2, 0.25) is 0 Å². The maximum Gasteiger partial charge on any atom is 0.314 e. The third-order valence-corrected chi connectivity index (χ3v) is 5.93. The number of furan rings is 1. The third kappa shape index (κ3) is 5.09. The average molecular weight is 428 g/mol. The molecule has 164 valence electrons. The van der Waals surface area contributed by atoms with Gasteiger partial charge in [0.05, 0.1) is 18.8 Å². The number of esters is 1. The minimum atomic E-state index is -0.417. The first kappa shape index (κ1) is 21.8. The SMILES string of the molecule is CCOC(=O)C(CN(Cc1ccccc1)[C@H](C)c1ccccc1)c1ccc2ccoc2c1. The van der Waals surface area contributed by atoms with E-state index in [-0.39, 0.29) is 12.0 Å². The molecule has 1 unspecified atom stereocenters. The van der Waals surface area contributed by atoms with Crippen LogP contribution in [0.4, 0.5) is 0 Å². The summed E-state index contributed by atoms with van der Waals surface area (Å²) in [7, 11) is 0. The molecule has 0 aliphatic heterocycles. The van der Waals surface area contributed by atoms with Gasteiger partial charge in [0.25, 0.3) is 0 Å². The highest BCUT2D eigenvalue weighted by molar-refractivity contribution is 5.83. The zero-order chi connectivity index (χ0) is 22.3. The molecule has 0 radical (unpaired) electrons. The molecule has 0 amide bonds. The number of fused-ring (bicyclic) bond motifs is 1. The maximum absolute atomic E-state index is 13.1. The number of hydrogen-bond donors (Lipinski definition) is 0. The Morgan fingerprint density at radius 1 is 0.938 bits per heavy atom. The first-order valence-electron chi connectivity index (χ1n) is 11.1. The summed E-state index contributed by atoms with van der Waals surface area (Å²) >= 11 is 0. The van der Waals surface area contributed by atoms with Crippen LogP contribution in [0.1, 0.15) is 42.5 Å². The first-order chi connectivity index (χ1) is 15.7. The van der Waals surface area contributed by atoms with Gasteiger partial charge in [-0.25, -0.2) is 0 Å². The van der Waals surface area contributed by atoms with Gasteiger partial charge in [0.15, 0.2) is 0 Å². The number of nitrogens with zero attached hydrogens (tertiary/aromatic N) is 1. The molecule has 4 aromatic rings. The van der Waals surface area contributed by atoms with E-state index in [0.29, 0.717) is 13.2 Å². The lowest BCUT2D eigenvalue weighted by Crippen LogP contribution is -2.34. The van der Waals surface area contributed by atoms with E-state index in [4.69, 9.17) is 9.15 Å². The van der Waals surface area contributed by atoms with Crippen molar-refractivity contribution in [3.8, 4) is 0 Å². The quantitative estimate of drug-likeness (QED) is 0.292. The molecule has 0 aliphatic carbocycles. The number of hydrogen-bond acceptors (Lipinski definition) is 4. The minimum Gasteiger partial charge on any atom is -0.465 e. The van der Waals surface area contributed by atoms with Crippen molar-refractivity contribution >= 4 is 16.9 Å². The van der Waals surface area contributed by atoms with Crippen LogP contribution in [0.25, 0.3) is 11.0 Å². The second-order valence-electron chi connectivity index (χ2n) is 8.02. The van der Waals surface area contributed by atoms with E-state index in [9.17, 15) is 4.79 Å². The van der Waals surface area contributed by atoms with E-state index in [1.807, 2.05) is 55.5 Å². The second-order valence-corrected chi connectivity index (χ2v) is 8.02. The van der Waals surface area contributed by atoms with Crippen LogP contribution < -0.4 is 0 Å². The summed E-state index contributed by atoms with van der Waals surface area (Å²) in [6, 6.07) is 28.8. The largest absolute Gasteiger partial charge is 0.465 e. The molecule has 0 bridgehead atoms. The van der Waals surface area contributed by atoms with E-state index >= 15 is 0 Å². The van der Waals surface area contributed by atoms with Crippen LogP contribution in [0, 0.1) is 0 Å². The van der Waals surface area contributed by atoms with Gasteiger partial charge in [0, 0.05) is 24.5 Å². The molecule has 1 aromatic heterocycles. The number of ether oxygens (including phenoxy) is 1. The Bertz CT molecular complexity index is 1140. The molecule has 4 nitrogen and oxygen atoms in total. The number of benzene rings is 3. The molecule has 0 spiro atoms. The topological polar surface area (TPSA) is 42.7 Å². The van der Waals surface area contributed by atoms with E-state index in [1.54, 1.807) is 6.26 Å². The van der Waals surface area contributed by atoms with Gasteiger partial charge in [-0.15, -0.1) is 0 Å². The Labute approximate surface area is 189 Å². The van der Waals surface area contributed by atoms with Gasteiger partial charge in [-0.1, -0.05) is 72.8 Å². The van der Waals surface area contributed by atoms with Crippen LogP contribution in [0.3, 0.4) is 0 Å². The molecule has 2 atom stereocenters. The molecule has 0 saturated carbocycles. The Balaban J connectivity index is 1.68. The van der Waals surface area contributed by atoms with E-state index in [1.165, 1.54) is 11.1 Å². The Kier molecular flexibility index (Phi) is 7.03. The summed E-state index contributed by atoms with van der Waals surface area (Å²) in [5, 5.41) is 1.02. The van der Waals surface area contributed by atoms with E-state index in [2.05, 4.69) is 48.2 Å². The highest BCUT2D eigenvalue weighted by Crippen LogP contribution is 2.29. The number of rotatable bonds is 9. The molecule has 0 N–H and O–H groups in total. The van der Waals surface area contributed by atoms with Gasteiger partial charge in [0.2, 0.25) is 0 Å². The summed E-state index contributed by atoms with van der Waals surface area (Å²) in [6.07, 6.45) is 1.67. The predicted octanol–water partition coefficient (Wildman–Crippen LogP) is 6.34. The van der Waals surface area contributed by atoms with Crippen molar-refractivity contribution in [1.82, 2.24) is 4.90 Å². The third-order valence-electron chi connectivity index (χ3n) is 5.93. The fourth-order valence-electron chi connectivity index (χ4n) is 4.10. The zero-order valence-corrected chi connectivity index (χ0v) is 18.6. The lowest BCUT2D eigenvalue weighted by Gasteiger charge is -2.32. The molecule has 0 aliphatic rings. The summed E-state index contributed by atoms with van der Waals surface area (Å²) < 4.78 is 11.1. The highest BCUT2D eigenvalue weighted by Gasteiger charge is 2.28. The van der Waals surface area contributed by atoms with Gasteiger partial charge in [-0.3, -0.25) is 9.69 Å². The summed E-state index contributed by atoms with van der Waals surface area (Å²) in [4.78, 5) is 15.4. The van der Waals surface area contributed by atoms with Crippen molar-refractivity contribution < 1.29 is 13.9 Å². The normalized spacial score (nSPS) is 13.2. The van der Waals surface area contributed by atoms with Gasteiger partial charge in [-0.05, 0) is 42.7 Å². The molecule has 4 heteroatoms. The monoisotopic (exact) mass is 427 g/mol. The fraction of sp³-hybridized carbons (Fsp3) is 0.250. The van der Waals surface area contributed by atoms with Crippen molar-refractivity contribution in [1.29, 1.82) is 0 Å². The zero-order valence-electron chi connectivity index (χ0n) is 18.6. The van der Waals surface area contributed by atoms with Crippen LogP contribution in [0.15, 0.2) is 95.6 Å². The van der Waals surface area contributed by atoms with Crippen LogP contribution in [-0.4, -0.2) is 24.0 Å². The number of carbonyl (C=O) groups is 1. The second kappa shape index (κ2) is 10.3. The van der Waals surface area contributed by atoms with Gasteiger partial charge < -0.3 is 9.15 Å². The first-order valence-corrected chi connectivity index (χ1v) is 11.1. The van der Waals surface area contributed by atoms with Crippen LogP contribution in [0.5, 0.6) is 0 Å². The highest BCUT2D eigenvalue weighted by atomic mass is 16.5. The molecular formula is C28H29NO3. The Morgan fingerprint density at radius 2 is 1.66 bits per heavy atom. The molecule has 0 saturated heterocycles.